The van der Waals surface area contributed by atoms with Gasteiger partial charge in [-0.1, -0.05) is 23.3 Å². The number of hydrogen-bond acceptors (Lipinski definition) is 3. The maximum absolute atomic E-state index is 4.25. The lowest BCUT2D eigenvalue weighted by molar-refractivity contribution is 0.431. The molecule has 0 bridgehead atoms. The summed E-state index contributed by atoms with van der Waals surface area (Å²) in [6.45, 7) is 4.20. The van der Waals surface area contributed by atoms with Crippen LogP contribution in [-0.4, -0.2) is 9.73 Å². The van der Waals surface area contributed by atoms with Gasteiger partial charge in [-0.3, -0.25) is 0 Å². The van der Waals surface area contributed by atoms with Crippen LogP contribution in [0.5, 0.6) is 0 Å². The average Bonchev–Trinajstić information content (AvgIpc) is 2.13. The van der Waals surface area contributed by atoms with Gasteiger partial charge in [-0.05, 0) is 42.7 Å². The van der Waals surface area contributed by atoms with Gasteiger partial charge in [0.05, 0.1) is 0 Å². The number of hydrogen-bond donors (Lipinski definition) is 0. The van der Waals surface area contributed by atoms with Crippen LogP contribution in [0.3, 0.4) is 0 Å². The molecule has 1 heterocycles. The molecule has 1 aliphatic rings. The van der Waals surface area contributed by atoms with E-state index >= 15 is 0 Å². The van der Waals surface area contributed by atoms with Gasteiger partial charge in [-0.2, -0.15) is 0 Å². The first-order valence-electron chi connectivity index (χ1n) is 4.41. The van der Waals surface area contributed by atoms with Gasteiger partial charge in [-0.25, -0.2) is 4.98 Å². The number of rotatable bonds is 3. The van der Waals surface area contributed by atoms with Crippen molar-refractivity contribution in [1.82, 2.24) is 4.98 Å². The molecular weight excluding hydrogens is 198 g/mol. The van der Waals surface area contributed by atoms with Crippen LogP contribution in [0.1, 0.15) is 19.3 Å². The third-order valence-corrected chi connectivity index (χ3v) is 5.29. The van der Waals surface area contributed by atoms with E-state index in [1.807, 2.05) is 35.2 Å². The highest BCUT2D eigenvalue weighted by molar-refractivity contribution is 8.77. The van der Waals surface area contributed by atoms with Crippen LogP contribution in [0.2, 0.25) is 0 Å². The second-order valence-electron chi connectivity index (χ2n) is 3.37. The van der Waals surface area contributed by atoms with E-state index in [2.05, 4.69) is 11.9 Å². The molecule has 0 aromatic carbocycles. The van der Waals surface area contributed by atoms with Gasteiger partial charge >= 0.3 is 0 Å². The van der Waals surface area contributed by atoms with E-state index < -0.39 is 0 Å². The number of aromatic nitrogens is 1. The van der Waals surface area contributed by atoms with Crippen LogP contribution in [0, 0.1) is 6.92 Å². The molecule has 1 aliphatic carbocycles. The molecule has 0 atom stereocenters. The Labute approximate surface area is 87.1 Å². The van der Waals surface area contributed by atoms with Crippen LogP contribution in [-0.2, 0) is 0 Å². The fourth-order valence-electron chi connectivity index (χ4n) is 1.18. The molecular formula is C10H12NS2. The Balaban J connectivity index is 1.86. The number of pyridine rings is 1. The monoisotopic (exact) mass is 210 g/mol. The third kappa shape index (κ3) is 2.41. The van der Waals surface area contributed by atoms with E-state index in [1.165, 1.54) is 19.3 Å². The molecule has 1 fully saturated rings. The summed E-state index contributed by atoms with van der Waals surface area (Å²) in [6, 6.07) is 6.00. The molecule has 0 N–H and O–H groups in total. The van der Waals surface area contributed by atoms with Crippen molar-refractivity contribution in [3.05, 3.63) is 31.3 Å². The molecule has 1 nitrogen and oxygen atoms in total. The predicted molar refractivity (Wildman–Crippen MR) is 59.6 cm³/mol. The lowest BCUT2D eigenvalue weighted by Crippen LogP contribution is -2.28. The molecule has 69 valence electrons. The van der Waals surface area contributed by atoms with Crippen LogP contribution in [0.4, 0.5) is 0 Å². The van der Waals surface area contributed by atoms with Gasteiger partial charge in [0.15, 0.2) is 0 Å². The minimum absolute atomic E-state index is 0.266. The van der Waals surface area contributed by atoms with Gasteiger partial charge in [0.1, 0.15) is 5.03 Å². The molecule has 2 rings (SSSR count). The summed E-state index contributed by atoms with van der Waals surface area (Å²) in [5.74, 6) is 0. The highest BCUT2D eigenvalue weighted by Crippen LogP contribution is 2.50. The Hall–Kier alpha value is -0.150. The van der Waals surface area contributed by atoms with Crippen LogP contribution in [0.25, 0.3) is 0 Å². The van der Waals surface area contributed by atoms with E-state index in [0.29, 0.717) is 0 Å². The molecule has 1 radical (unpaired) electrons. The molecule has 1 saturated carbocycles. The zero-order valence-electron chi connectivity index (χ0n) is 7.40. The summed E-state index contributed by atoms with van der Waals surface area (Å²) in [6.07, 6.45) is 5.66. The van der Waals surface area contributed by atoms with Crippen molar-refractivity contribution in [2.75, 3.05) is 0 Å². The molecule has 3 heteroatoms. The van der Waals surface area contributed by atoms with Crippen molar-refractivity contribution in [3.63, 3.8) is 0 Å². The highest BCUT2D eigenvalue weighted by atomic mass is 33.1. The quantitative estimate of drug-likeness (QED) is 0.708. The SMILES string of the molecule is [CH2]C1(SSc2ccccn2)CCC1. The minimum atomic E-state index is 0.266. The topological polar surface area (TPSA) is 12.9 Å². The fourth-order valence-corrected chi connectivity index (χ4v) is 3.72. The molecule has 0 saturated heterocycles. The van der Waals surface area contributed by atoms with Gasteiger partial charge in [0.25, 0.3) is 0 Å². The van der Waals surface area contributed by atoms with Crippen molar-refractivity contribution in [3.8, 4) is 0 Å². The summed E-state index contributed by atoms with van der Waals surface area (Å²) in [7, 11) is 3.61. The van der Waals surface area contributed by atoms with Gasteiger partial charge < -0.3 is 0 Å². The first-order valence-corrected chi connectivity index (χ1v) is 6.56. The Kier molecular flexibility index (Phi) is 2.84. The lowest BCUT2D eigenvalue weighted by atomic mass is 9.86. The minimum Gasteiger partial charge on any atom is -0.249 e. The van der Waals surface area contributed by atoms with E-state index in [-0.39, 0.29) is 4.75 Å². The molecule has 0 amide bonds. The Morgan fingerprint density at radius 2 is 2.23 bits per heavy atom. The van der Waals surface area contributed by atoms with Crippen LogP contribution >= 0.6 is 21.6 Å². The fraction of sp³-hybridized carbons (Fsp3) is 0.400. The zero-order chi connectivity index (χ0) is 9.15. The number of nitrogens with zero attached hydrogens (tertiary/aromatic N) is 1. The smallest absolute Gasteiger partial charge is 0.106 e. The summed E-state index contributed by atoms with van der Waals surface area (Å²) in [4.78, 5) is 4.25. The summed E-state index contributed by atoms with van der Waals surface area (Å²) < 4.78 is 0.266. The largest absolute Gasteiger partial charge is 0.249 e. The normalized spacial score (nSPS) is 19.5. The first kappa shape index (κ1) is 9.41. The van der Waals surface area contributed by atoms with Crippen molar-refractivity contribution in [2.24, 2.45) is 0 Å². The summed E-state index contributed by atoms with van der Waals surface area (Å²) in [5, 5.41) is 1.09. The van der Waals surface area contributed by atoms with Crippen molar-refractivity contribution < 1.29 is 0 Å². The Morgan fingerprint density at radius 3 is 2.77 bits per heavy atom. The second-order valence-corrected chi connectivity index (χ2v) is 5.99. The van der Waals surface area contributed by atoms with E-state index in [9.17, 15) is 0 Å². The molecule has 13 heavy (non-hydrogen) atoms. The average molecular weight is 210 g/mol. The summed E-state index contributed by atoms with van der Waals surface area (Å²) in [5.41, 5.74) is 0. The van der Waals surface area contributed by atoms with Gasteiger partial charge in [0, 0.05) is 10.9 Å². The van der Waals surface area contributed by atoms with Gasteiger partial charge in [0.2, 0.25) is 0 Å². The standard InChI is InChI=1S/C10H12NS2/c1-10(6-4-7-10)13-12-9-5-2-3-8-11-9/h2-3,5,8H,1,4,6-7H2. The lowest BCUT2D eigenvalue weighted by Gasteiger charge is -2.36. The first-order chi connectivity index (χ1) is 6.29. The molecule has 0 spiro atoms. The predicted octanol–water partition coefficient (Wildman–Crippen LogP) is 3.58. The van der Waals surface area contributed by atoms with Gasteiger partial charge in [-0.15, -0.1) is 0 Å². The summed E-state index contributed by atoms with van der Waals surface area (Å²) >= 11 is 0. The maximum Gasteiger partial charge on any atom is 0.106 e. The second kappa shape index (κ2) is 3.93. The highest BCUT2D eigenvalue weighted by Gasteiger charge is 2.33. The van der Waals surface area contributed by atoms with E-state index in [0.717, 1.165) is 5.03 Å². The molecule has 1 aromatic heterocycles. The van der Waals surface area contributed by atoms with E-state index in [4.69, 9.17) is 0 Å². The van der Waals surface area contributed by atoms with Crippen molar-refractivity contribution >= 4 is 21.6 Å². The van der Waals surface area contributed by atoms with Crippen molar-refractivity contribution in [1.29, 1.82) is 0 Å². The van der Waals surface area contributed by atoms with Crippen LogP contribution < -0.4 is 0 Å². The maximum atomic E-state index is 4.25. The third-order valence-electron chi connectivity index (χ3n) is 2.21. The molecule has 1 aromatic rings. The zero-order valence-corrected chi connectivity index (χ0v) is 9.03. The Bertz CT molecular complexity index is 270. The van der Waals surface area contributed by atoms with Crippen molar-refractivity contribution in [2.45, 2.75) is 29.0 Å². The molecule has 0 aliphatic heterocycles. The molecule has 0 unspecified atom stereocenters. The van der Waals surface area contributed by atoms with Crippen LogP contribution in [0.15, 0.2) is 29.4 Å². The Morgan fingerprint density at radius 1 is 1.38 bits per heavy atom. The van der Waals surface area contributed by atoms with E-state index in [1.54, 1.807) is 10.8 Å².